The number of halogens is 3. The van der Waals surface area contributed by atoms with Gasteiger partial charge in [-0.2, -0.15) is 11.3 Å². The van der Waals surface area contributed by atoms with Crippen LogP contribution in [0.3, 0.4) is 0 Å². The molecule has 1 aliphatic heterocycles. The number of thiophene rings is 1. The van der Waals surface area contributed by atoms with Crippen molar-refractivity contribution < 1.29 is 17.9 Å². The number of nitrogens with zero attached hydrogens (tertiary/aromatic N) is 1. The predicted octanol–water partition coefficient (Wildman–Crippen LogP) is 6.34. The van der Waals surface area contributed by atoms with Crippen molar-refractivity contribution in [2.45, 2.75) is 31.0 Å². The number of methoxy groups -OCH3 is 1. The fraction of sp³-hybridized carbons (Fsp3) is 0.250. The highest BCUT2D eigenvalue weighted by molar-refractivity contribution is 7.99. The molecular formula is C28H25F3N2O2S2. The summed E-state index contributed by atoms with van der Waals surface area (Å²) >= 11 is 3.10. The van der Waals surface area contributed by atoms with Crippen LogP contribution in [0, 0.1) is 24.4 Å². The molecule has 5 rings (SSSR count). The third-order valence-electron chi connectivity index (χ3n) is 6.67. The molecular weight excluding hydrogens is 517 g/mol. The zero-order valence-corrected chi connectivity index (χ0v) is 21.9. The average molecular weight is 543 g/mol. The summed E-state index contributed by atoms with van der Waals surface area (Å²) in [6.45, 7) is 2.89. The van der Waals surface area contributed by atoms with Crippen molar-refractivity contribution in [1.82, 2.24) is 9.88 Å². The van der Waals surface area contributed by atoms with Gasteiger partial charge in [-0.1, -0.05) is 18.2 Å². The Kier molecular flexibility index (Phi) is 7.46. The summed E-state index contributed by atoms with van der Waals surface area (Å²) in [7, 11) is 1.36. The lowest BCUT2D eigenvalue weighted by Crippen LogP contribution is -2.33. The molecule has 0 aliphatic carbocycles. The summed E-state index contributed by atoms with van der Waals surface area (Å²) in [4.78, 5) is 13.9. The molecule has 4 aromatic rings. The number of benzene rings is 2. The fourth-order valence-electron chi connectivity index (χ4n) is 4.76. The highest BCUT2D eigenvalue weighted by atomic mass is 32.2. The minimum Gasteiger partial charge on any atom is -0.494 e. The first-order chi connectivity index (χ1) is 17.9. The van der Waals surface area contributed by atoms with Gasteiger partial charge < -0.3 is 10.1 Å². The van der Waals surface area contributed by atoms with Crippen molar-refractivity contribution in [3.63, 3.8) is 0 Å². The maximum Gasteiger partial charge on any atom is 0.260 e. The minimum absolute atomic E-state index is 0.0202. The van der Waals surface area contributed by atoms with Gasteiger partial charge in [0.05, 0.1) is 23.7 Å². The molecule has 0 spiro atoms. The van der Waals surface area contributed by atoms with Crippen LogP contribution in [0.2, 0.25) is 0 Å². The first-order valence-electron chi connectivity index (χ1n) is 11.8. The molecule has 192 valence electrons. The Morgan fingerprint density at radius 1 is 1.08 bits per heavy atom. The van der Waals surface area contributed by atoms with E-state index in [0.717, 1.165) is 5.56 Å². The molecule has 1 N–H and O–H groups in total. The summed E-state index contributed by atoms with van der Waals surface area (Å²) in [6, 6.07) is 10.2. The van der Waals surface area contributed by atoms with Crippen molar-refractivity contribution in [3.8, 4) is 16.9 Å². The van der Waals surface area contributed by atoms with Gasteiger partial charge in [0, 0.05) is 36.4 Å². The van der Waals surface area contributed by atoms with E-state index in [1.807, 2.05) is 11.4 Å². The Morgan fingerprint density at radius 2 is 1.84 bits per heavy atom. The quantitative estimate of drug-likeness (QED) is 0.282. The SMILES string of the molecule is COc1cccc(-c2c(C)c(Cc3c(F)cccc3F)c3n(c2=O)C(CNCc2ccsc2)CS3)c1F. The highest BCUT2D eigenvalue weighted by Gasteiger charge is 2.32. The Hall–Kier alpha value is -3.01. The van der Waals surface area contributed by atoms with Crippen LogP contribution in [0.25, 0.3) is 11.1 Å². The monoisotopic (exact) mass is 542 g/mol. The van der Waals surface area contributed by atoms with Crippen molar-refractivity contribution in [3.05, 3.63) is 103 Å². The summed E-state index contributed by atoms with van der Waals surface area (Å²) in [5, 5.41) is 8.14. The van der Waals surface area contributed by atoms with E-state index in [2.05, 4.69) is 10.7 Å². The molecule has 0 radical (unpaired) electrons. The zero-order valence-electron chi connectivity index (χ0n) is 20.3. The van der Waals surface area contributed by atoms with Crippen molar-refractivity contribution >= 4 is 23.1 Å². The molecule has 0 amide bonds. The van der Waals surface area contributed by atoms with E-state index in [1.54, 1.807) is 28.9 Å². The lowest BCUT2D eigenvalue weighted by atomic mass is 9.94. The molecule has 1 atom stereocenters. The Labute approximate surface area is 221 Å². The fourth-order valence-corrected chi connectivity index (χ4v) is 6.82. The summed E-state index contributed by atoms with van der Waals surface area (Å²) in [5.41, 5.74) is 2.15. The number of nitrogens with one attached hydrogen (secondary N) is 1. The topological polar surface area (TPSA) is 43.3 Å². The van der Waals surface area contributed by atoms with Gasteiger partial charge in [0.2, 0.25) is 0 Å². The van der Waals surface area contributed by atoms with Crippen LogP contribution < -0.4 is 15.6 Å². The molecule has 0 saturated heterocycles. The number of rotatable bonds is 8. The maximum atomic E-state index is 15.4. The van der Waals surface area contributed by atoms with E-state index < -0.39 is 17.5 Å². The van der Waals surface area contributed by atoms with E-state index in [1.165, 1.54) is 49.2 Å². The Balaban J connectivity index is 1.64. The van der Waals surface area contributed by atoms with Crippen LogP contribution in [0.5, 0.6) is 5.75 Å². The lowest BCUT2D eigenvalue weighted by Gasteiger charge is -2.21. The van der Waals surface area contributed by atoms with Gasteiger partial charge in [-0.15, -0.1) is 11.8 Å². The first-order valence-corrected chi connectivity index (χ1v) is 13.7. The van der Waals surface area contributed by atoms with Crippen LogP contribution in [0.4, 0.5) is 13.2 Å². The number of pyridine rings is 1. The normalized spacial score (nSPS) is 14.7. The minimum atomic E-state index is -0.657. The van der Waals surface area contributed by atoms with E-state index in [4.69, 9.17) is 4.74 Å². The molecule has 1 unspecified atom stereocenters. The van der Waals surface area contributed by atoms with Gasteiger partial charge in [-0.25, -0.2) is 13.2 Å². The van der Waals surface area contributed by atoms with Crippen molar-refractivity contribution in [2.24, 2.45) is 0 Å². The smallest absolute Gasteiger partial charge is 0.260 e. The van der Waals surface area contributed by atoms with E-state index in [9.17, 15) is 13.6 Å². The Morgan fingerprint density at radius 3 is 2.54 bits per heavy atom. The van der Waals surface area contributed by atoms with Crippen LogP contribution in [-0.4, -0.2) is 24.0 Å². The van der Waals surface area contributed by atoms with Gasteiger partial charge in [-0.3, -0.25) is 9.36 Å². The number of fused-ring (bicyclic) bond motifs is 1. The van der Waals surface area contributed by atoms with Gasteiger partial charge in [0.25, 0.3) is 5.56 Å². The van der Waals surface area contributed by atoms with Crippen LogP contribution >= 0.6 is 23.1 Å². The molecule has 0 bridgehead atoms. The molecule has 4 nitrogen and oxygen atoms in total. The van der Waals surface area contributed by atoms with Gasteiger partial charge in [-0.05, 0) is 58.6 Å². The third kappa shape index (κ3) is 4.83. The Bertz CT molecular complexity index is 1480. The number of thioether (sulfide) groups is 1. The standard InChI is InChI=1S/C28H25F3N2O2S2/c1-16-20(11-21-22(29)6-4-7-23(21)30)28-33(18(15-37-28)13-32-12-17-9-10-36-14-17)27(34)25(16)19-5-3-8-24(35-2)26(19)31/h3-10,14,18,32H,11-13,15H2,1-2H3. The largest absolute Gasteiger partial charge is 0.494 e. The molecule has 0 fully saturated rings. The lowest BCUT2D eigenvalue weighted by molar-refractivity contribution is 0.387. The van der Waals surface area contributed by atoms with Crippen LogP contribution in [0.15, 0.2) is 63.0 Å². The van der Waals surface area contributed by atoms with Gasteiger partial charge in [0.15, 0.2) is 11.6 Å². The molecule has 9 heteroatoms. The van der Waals surface area contributed by atoms with Gasteiger partial charge in [0.1, 0.15) is 11.6 Å². The molecule has 0 saturated carbocycles. The highest BCUT2D eigenvalue weighted by Crippen LogP contribution is 2.40. The molecule has 1 aliphatic rings. The second-order valence-electron chi connectivity index (χ2n) is 8.88. The summed E-state index contributed by atoms with van der Waals surface area (Å²) in [5.74, 6) is -1.33. The third-order valence-corrected chi connectivity index (χ3v) is 8.67. The van der Waals surface area contributed by atoms with Crippen molar-refractivity contribution in [2.75, 3.05) is 19.4 Å². The number of hydrogen-bond acceptors (Lipinski definition) is 5. The second-order valence-corrected chi connectivity index (χ2v) is 10.7. The predicted molar refractivity (Wildman–Crippen MR) is 142 cm³/mol. The van der Waals surface area contributed by atoms with E-state index in [0.29, 0.717) is 35.0 Å². The molecule has 2 aromatic carbocycles. The summed E-state index contributed by atoms with van der Waals surface area (Å²) < 4.78 is 51.5. The molecule has 2 aromatic heterocycles. The second kappa shape index (κ2) is 10.8. The average Bonchev–Trinajstić information content (AvgIpc) is 3.55. The first kappa shape index (κ1) is 25.6. The van der Waals surface area contributed by atoms with Gasteiger partial charge >= 0.3 is 0 Å². The number of hydrogen-bond donors (Lipinski definition) is 1. The summed E-state index contributed by atoms with van der Waals surface area (Å²) in [6.07, 6.45) is -0.0550. The van der Waals surface area contributed by atoms with Crippen LogP contribution in [-0.2, 0) is 13.0 Å². The number of aromatic nitrogens is 1. The van der Waals surface area contributed by atoms with Crippen LogP contribution in [0.1, 0.15) is 28.3 Å². The molecule has 3 heterocycles. The van der Waals surface area contributed by atoms with Crippen molar-refractivity contribution in [1.29, 1.82) is 0 Å². The maximum absolute atomic E-state index is 15.4. The van der Waals surface area contributed by atoms with E-state index >= 15 is 4.39 Å². The van der Waals surface area contributed by atoms with E-state index in [-0.39, 0.29) is 40.5 Å². The number of ether oxygens (including phenoxy) is 1. The molecule has 37 heavy (non-hydrogen) atoms. The zero-order chi connectivity index (χ0) is 26.1.